The van der Waals surface area contributed by atoms with Crippen LogP contribution < -0.4 is 5.73 Å². The number of nitrogens with two attached hydrogens (primary N) is 1. The predicted octanol–water partition coefficient (Wildman–Crippen LogP) is 1.84. The number of alkyl halides is 3. The van der Waals surface area contributed by atoms with Crippen LogP contribution in [0.1, 0.15) is 24.0 Å². The van der Waals surface area contributed by atoms with Crippen molar-refractivity contribution in [3.05, 3.63) is 29.7 Å². The fourth-order valence-electron chi connectivity index (χ4n) is 1.67. The van der Waals surface area contributed by atoms with Crippen LogP contribution in [0.3, 0.4) is 0 Å². The van der Waals surface area contributed by atoms with E-state index in [2.05, 4.69) is 10.1 Å². The molecule has 0 saturated carbocycles. The molecular weight excluding hydrogens is 291 g/mol. The van der Waals surface area contributed by atoms with E-state index in [-0.39, 0.29) is 30.2 Å². The number of aliphatic hydroxyl groups is 1. The number of phenols is 1. The summed E-state index contributed by atoms with van der Waals surface area (Å²) in [5.41, 5.74) is 4.08. The molecule has 0 fully saturated rings. The van der Waals surface area contributed by atoms with Gasteiger partial charge < -0.3 is 20.5 Å². The maximum absolute atomic E-state index is 12.7. The summed E-state index contributed by atoms with van der Waals surface area (Å²) in [7, 11) is 0. The van der Waals surface area contributed by atoms with Gasteiger partial charge in [0.15, 0.2) is 0 Å². The zero-order valence-electron chi connectivity index (χ0n) is 10.6. The molecule has 6 nitrogen and oxygen atoms in total. The minimum Gasteiger partial charge on any atom is -0.507 e. The minimum absolute atomic E-state index is 0.00933. The number of hydrogen-bond acceptors (Lipinski definition) is 6. The summed E-state index contributed by atoms with van der Waals surface area (Å²) in [5.74, 6) is -1.14. The average molecular weight is 303 g/mol. The molecular formula is C12H12F3N3O3. The van der Waals surface area contributed by atoms with Crippen molar-refractivity contribution in [1.29, 1.82) is 0 Å². The van der Waals surface area contributed by atoms with Gasteiger partial charge in [-0.05, 0) is 31.2 Å². The summed E-state index contributed by atoms with van der Waals surface area (Å²) in [5, 5.41) is 22.4. The Kier molecular flexibility index (Phi) is 4.14. The van der Waals surface area contributed by atoms with Crippen LogP contribution in [0.15, 0.2) is 22.7 Å². The maximum Gasteiger partial charge on any atom is 0.419 e. The van der Waals surface area contributed by atoms with Crippen LogP contribution in [0.4, 0.5) is 13.2 Å². The summed E-state index contributed by atoms with van der Waals surface area (Å²) in [4.78, 5) is 3.82. The molecule has 2 aromatic rings. The van der Waals surface area contributed by atoms with Crippen molar-refractivity contribution in [1.82, 2.24) is 10.1 Å². The number of aliphatic hydroxyl groups excluding tert-OH is 1. The first-order chi connectivity index (χ1) is 9.82. The van der Waals surface area contributed by atoms with E-state index in [1.807, 2.05) is 0 Å². The molecule has 0 bridgehead atoms. The van der Waals surface area contributed by atoms with Gasteiger partial charge in [-0.15, -0.1) is 0 Å². The Morgan fingerprint density at radius 2 is 2.05 bits per heavy atom. The standard InChI is InChI=1S/C12H12F3N3O3/c13-12(14,15)7-5-6(1-2-8(7)19)10-17-11(21-18-10)9(20)3-4-16/h1-2,5,9,19-20H,3-4,16H2. The third-order valence-corrected chi connectivity index (χ3v) is 2.73. The number of halogens is 3. The van der Waals surface area contributed by atoms with Crippen molar-refractivity contribution in [3.8, 4) is 17.1 Å². The summed E-state index contributed by atoms with van der Waals surface area (Å²) in [6, 6.07) is 2.82. The molecule has 0 aliphatic heterocycles. The van der Waals surface area contributed by atoms with E-state index in [1.165, 1.54) is 6.07 Å². The molecule has 0 aliphatic carbocycles. The maximum atomic E-state index is 12.7. The van der Waals surface area contributed by atoms with E-state index in [4.69, 9.17) is 10.3 Å². The molecule has 21 heavy (non-hydrogen) atoms. The van der Waals surface area contributed by atoms with Gasteiger partial charge >= 0.3 is 6.18 Å². The molecule has 0 saturated heterocycles. The molecule has 0 aliphatic rings. The summed E-state index contributed by atoms with van der Waals surface area (Å²) in [6.45, 7) is 0.191. The second kappa shape index (κ2) is 5.70. The van der Waals surface area contributed by atoms with Gasteiger partial charge in [-0.2, -0.15) is 18.2 Å². The van der Waals surface area contributed by atoms with Crippen LogP contribution >= 0.6 is 0 Å². The molecule has 4 N–H and O–H groups in total. The quantitative estimate of drug-likeness (QED) is 0.796. The molecule has 2 rings (SSSR count). The lowest BCUT2D eigenvalue weighted by atomic mass is 10.1. The first-order valence-electron chi connectivity index (χ1n) is 5.95. The van der Waals surface area contributed by atoms with E-state index in [9.17, 15) is 23.4 Å². The SMILES string of the molecule is NCCC(O)c1nc(-c2ccc(O)c(C(F)(F)F)c2)no1. The van der Waals surface area contributed by atoms with Gasteiger partial charge in [-0.25, -0.2) is 0 Å². The van der Waals surface area contributed by atoms with Gasteiger partial charge in [-0.3, -0.25) is 0 Å². The van der Waals surface area contributed by atoms with Crippen molar-refractivity contribution in [3.63, 3.8) is 0 Å². The second-order valence-corrected chi connectivity index (χ2v) is 4.28. The van der Waals surface area contributed by atoms with Crippen LogP contribution in [0.25, 0.3) is 11.4 Å². The Bertz CT molecular complexity index is 628. The monoisotopic (exact) mass is 303 g/mol. The normalized spacial score (nSPS) is 13.4. The fourth-order valence-corrected chi connectivity index (χ4v) is 1.67. The van der Waals surface area contributed by atoms with Crippen molar-refractivity contribution in [2.75, 3.05) is 6.54 Å². The number of aromatic nitrogens is 2. The minimum atomic E-state index is -4.70. The largest absolute Gasteiger partial charge is 0.507 e. The zero-order chi connectivity index (χ0) is 15.6. The second-order valence-electron chi connectivity index (χ2n) is 4.28. The topological polar surface area (TPSA) is 105 Å². The van der Waals surface area contributed by atoms with Crippen molar-refractivity contribution in [2.24, 2.45) is 5.73 Å². The lowest BCUT2D eigenvalue weighted by molar-refractivity contribution is -0.138. The van der Waals surface area contributed by atoms with Gasteiger partial charge in [0.2, 0.25) is 5.82 Å². The van der Waals surface area contributed by atoms with Gasteiger partial charge in [0.25, 0.3) is 5.89 Å². The van der Waals surface area contributed by atoms with Crippen molar-refractivity contribution in [2.45, 2.75) is 18.7 Å². The lowest BCUT2D eigenvalue weighted by Crippen LogP contribution is -2.07. The highest BCUT2D eigenvalue weighted by molar-refractivity contribution is 5.58. The highest BCUT2D eigenvalue weighted by Crippen LogP contribution is 2.37. The van der Waals surface area contributed by atoms with Crippen molar-refractivity contribution < 1.29 is 27.9 Å². The zero-order valence-corrected chi connectivity index (χ0v) is 10.6. The van der Waals surface area contributed by atoms with Gasteiger partial charge in [0.05, 0.1) is 5.56 Å². The average Bonchev–Trinajstić information content (AvgIpc) is 2.88. The highest BCUT2D eigenvalue weighted by Gasteiger charge is 2.34. The van der Waals surface area contributed by atoms with Crippen LogP contribution in [0, 0.1) is 0 Å². The van der Waals surface area contributed by atoms with Gasteiger partial charge in [-0.1, -0.05) is 5.16 Å². The first-order valence-corrected chi connectivity index (χ1v) is 5.95. The third kappa shape index (κ3) is 3.31. The molecule has 0 spiro atoms. The fraction of sp³-hybridized carbons (Fsp3) is 0.333. The molecule has 9 heteroatoms. The lowest BCUT2D eigenvalue weighted by Gasteiger charge is -2.09. The molecule has 1 aromatic carbocycles. The number of hydrogen-bond donors (Lipinski definition) is 3. The Morgan fingerprint density at radius 3 is 2.67 bits per heavy atom. The van der Waals surface area contributed by atoms with E-state index in [0.717, 1.165) is 6.07 Å². The third-order valence-electron chi connectivity index (χ3n) is 2.73. The van der Waals surface area contributed by atoms with Gasteiger partial charge in [0, 0.05) is 5.56 Å². The first kappa shape index (κ1) is 15.3. The molecule has 1 aromatic heterocycles. The van der Waals surface area contributed by atoms with E-state index < -0.39 is 23.6 Å². The number of phenolic OH excluding ortho intramolecular Hbond substituents is 1. The van der Waals surface area contributed by atoms with Crippen LogP contribution in [-0.2, 0) is 6.18 Å². The molecule has 1 unspecified atom stereocenters. The van der Waals surface area contributed by atoms with Gasteiger partial charge in [0.1, 0.15) is 11.9 Å². The Labute approximate surface area is 117 Å². The molecule has 1 heterocycles. The Hall–Kier alpha value is -2.13. The molecule has 0 amide bonds. The predicted molar refractivity (Wildman–Crippen MR) is 65.0 cm³/mol. The smallest absolute Gasteiger partial charge is 0.419 e. The van der Waals surface area contributed by atoms with E-state index >= 15 is 0 Å². The molecule has 114 valence electrons. The number of nitrogens with zero attached hydrogens (tertiary/aromatic N) is 2. The van der Waals surface area contributed by atoms with Crippen molar-refractivity contribution >= 4 is 0 Å². The molecule has 1 atom stereocenters. The summed E-state index contributed by atoms with van der Waals surface area (Å²) < 4.78 is 42.9. The summed E-state index contributed by atoms with van der Waals surface area (Å²) >= 11 is 0. The molecule has 0 radical (unpaired) electrons. The highest BCUT2D eigenvalue weighted by atomic mass is 19.4. The number of aromatic hydroxyl groups is 1. The van der Waals surface area contributed by atoms with Crippen LogP contribution in [0.5, 0.6) is 5.75 Å². The number of rotatable bonds is 4. The van der Waals surface area contributed by atoms with E-state index in [1.54, 1.807) is 0 Å². The van der Waals surface area contributed by atoms with Crippen LogP contribution in [0.2, 0.25) is 0 Å². The van der Waals surface area contributed by atoms with E-state index in [0.29, 0.717) is 6.07 Å². The number of benzene rings is 1. The Morgan fingerprint density at radius 1 is 1.33 bits per heavy atom. The van der Waals surface area contributed by atoms with Crippen LogP contribution in [-0.4, -0.2) is 26.9 Å². The Balaban J connectivity index is 2.35. The summed E-state index contributed by atoms with van der Waals surface area (Å²) in [6.07, 6.45) is -5.59.